The average Bonchev–Trinajstić information content (AvgIpc) is 2.84. The van der Waals surface area contributed by atoms with Crippen LogP contribution in [0.1, 0.15) is 41.6 Å². The van der Waals surface area contributed by atoms with Crippen LogP contribution in [-0.4, -0.2) is 30.4 Å². The molecule has 1 aliphatic heterocycles. The monoisotopic (exact) mass is 352 g/mol. The van der Waals surface area contributed by atoms with E-state index in [2.05, 4.69) is 0 Å². The van der Waals surface area contributed by atoms with E-state index in [0.717, 1.165) is 5.56 Å². The number of ether oxygens (including phenoxy) is 2. The Labute approximate surface area is 154 Å². The Bertz CT molecular complexity index is 711. The summed E-state index contributed by atoms with van der Waals surface area (Å²) in [4.78, 5) is 24.4. The summed E-state index contributed by atoms with van der Waals surface area (Å²) in [5, 5.41) is 0. The minimum absolute atomic E-state index is 0.0499. The summed E-state index contributed by atoms with van der Waals surface area (Å²) in [6.45, 7) is 0.846. The zero-order valence-corrected chi connectivity index (χ0v) is 14.8. The highest BCUT2D eigenvalue weighted by molar-refractivity contribution is 5.96. The van der Waals surface area contributed by atoms with Crippen LogP contribution in [0.5, 0.6) is 0 Å². The van der Waals surface area contributed by atoms with Crippen LogP contribution in [0.4, 0.5) is 0 Å². The molecule has 1 saturated heterocycles. The minimum atomic E-state index is -0.290. The molecule has 2 aromatic rings. The number of carbonyl (C=O) groups is 2. The number of carbonyl (C=O) groups excluding carboxylic acids is 2. The second-order valence-electron chi connectivity index (χ2n) is 6.66. The fourth-order valence-electron chi connectivity index (χ4n) is 3.15. The van der Waals surface area contributed by atoms with E-state index < -0.39 is 0 Å². The number of benzene rings is 2. The fraction of sp³-hybridized carbons (Fsp3) is 0.364. The first-order chi connectivity index (χ1) is 12.7. The molecule has 136 valence electrons. The van der Waals surface area contributed by atoms with E-state index in [1.807, 2.05) is 60.7 Å². The summed E-state index contributed by atoms with van der Waals surface area (Å²) in [7, 11) is 0. The van der Waals surface area contributed by atoms with Crippen molar-refractivity contribution >= 4 is 11.6 Å². The van der Waals surface area contributed by atoms with Crippen molar-refractivity contribution in [3.63, 3.8) is 0 Å². The van der Waals surface area contributed by atoms with Gasteiger partial charge in [0.25, 0.3) is 0 Å². The van der Waals surface area contributed by atoms with Gasteiger partial charge >= 0.3 is 0 Å². The van der Waals surface area contributed by atoms with Gasteiger partial charge < -0.3 is 9.47 Å². The van der Waals surface area contributed by atoms with E-state index in [1.54, 1.807) is 0 Å². The van der Waals surface area contributed by atoms with Gasteiger partial charge in [-0.2, -0.15) is 0 Å². The molecule has 1 aliphatic rings. The van der Waals surface area contributed by atoms with E-state index in [-0.39, 0.29) is 23.8 Å². The summed E-state index contributed by atoms with van der Waals surface area (Å²) in [6, 6.07) is 19.1. The van der Waals surface area contributed by atoms with Crippen LogP contribution in [0.15, 0.2) is 60.7 Å². The average molecular weight is 352 g/mol. The van der Waals surface area contributed by atoms with Crippen molar-refractivity contribution in [2.45, 2.75) is 44.5 Å². The molecule has 0 bridgehead atoms. The topological polar surface area (TPSA) is 52.6 Å². The molecule has 0 N–H and O–H groups in total. The third-order valence-corrected chi connectivity index (χ3v) is 4.51. The van der Waals surface area contributed by atoms with E-state index in [9.17, 15) is 9.59 Å². The van der Waals surface area contributed by atoms with E-state index in [4.69, 9.17) is 9.47 Å². The van der Waals surface area contributed by atoms with Crippen molar-refractivity contribution in [3.05, 3.63) is 71.8 Å². The first-order valence-electron chi connectivity index (χ1n) is 9.08. The first kappa shape index (κ1) is 18.5. The van der Waals surface area contributed by atoms with Crippen LogP contribution in [0.3, 0.4) is 0 Å². The molecule has 0 amide bonds. The Morgan fingerprint density at radius 2 is 1.69 bits per heavy atom. The van der Waals surface area contributed by atoms with Crippen LogP contribution in [0.25, 0.3) is 0 Å². The molecule has 4 heteroatoms. The molecule has 4 nitrogen and oxygen atoms in total. The summed E-state index contributed by atoms with van der Waals surface area (Å²) in [6.07, 6.45) is 1.17. The van der Waals surface area contributed by atoms with Gasteiger partial charge in [0.2, 0.25) is 0 Å². The molecular formula is C22H24O4. The molecule has 0 unspecified atom stereocenters. The highest BCUT2D eigenvalue weighted by Gasteiger charge is 2.26. The Kier molecular flexibility index (Phi) is 6.69. The van der Waals surface area contributed by atoms with Gasteiger partial charge in [0.05, 0.1) is 25.4 Å². The molecule has 3 rings (SSSR count). The molecule has 0 aromatic heterocycles. The van der Waals surface area contributed by atoms with Crippen molar-refractivity contribution in [2.75, 3.05) is 6.61 Å². The van der Waals surface area contributed by atoms with Gasteiger partial charge in [0.1, 0.15) is 5.78 Å². The van der Waals surface area contributed by atoms with Crippen LogP contribution in [0.2, 0.25) is 0 Å². The van der Waals surface area contributed by atoms with Gasteiger partial charge in [-0.25, -0.2) is 0 Å². The Balaban J connectivity index is 1.53. The van der Waals surface area contributed by atoms with Crippen molar-refractivity contribution in [2.24, 2.45) is 0 Å². The van der Waals surface area contributed by atoms with Gasteiger partial charge in [-0.1, -0.05) is 60.7 Å². The Hall–Kier alpha value is -2.30. The number of hydrogen-bond donors (Lipinski definition) is 0. The van der Waals surface area contributed by atoms with E-state index in [0.29, 0.717) is 44.5 Å². The smallest absolute Gasteiger partial charge is 0.165 e. The largest absolute Gasteiger partial charge is 0.374 e. The summed E-state index contributed by atoms with van der Waals surface area (Å²) in [5.41, 5.74) is 1.77. The molecule has 0 saturated carbocycles. The van der Waals surface area contributed by atoms with E-state index >= 15 is 0 Å². The lowest BCUT2D eigenvalue weighted by atomic mass is 10.0. The summed E-state index contributed by atoms with van der Waals surface area (Å²) < 4.78 is 11.8. The normalized spacial score (nSPS) is 20.5. The van der Waals surface area contributed by atoms with Gasteiger partial charge in [-0.05, 0) is 12.0 Å². The number of hydrogen-bond acceptors (Lipinski definition) is 4. The molecule has 26 heavy (non-hydrogen) atoms. The van der Waals surface area contributed by atoms with Crippen LogP contribution < -0.4 is 0 Å². The van der Waals surface area contributed by atoms with Gasteiger partial charge in [-0.3, -0.25) is 9.59 Å². The Morgan fingerprint density at radius 1 is 1.00 bits per heavy atom. The highest BCUT2D eigenvalue weighted by atomic mass is 16.5. The molecule has 1 heterocycles. The summed E-state index contributed by atoms with van der Waals surface area (Å²) in [5.74, 6) is 0.224. The maximum atomic E-state index is 12.4. The molecule has 0 radical (unpaired) electrons. The third-order valence-electron chi connectivity index (χ3n) is 4.51. The molecule has 0 aliphatic carbocycles. The molecule has 2 atom stereocenters. The van der Waals surface area contributed by atoms with Crippen molar-refractivity contribution < 1.29 is 19.1 Å². The van der Waals surface area contributed by atoms with Crippen LogP contribution >= 0.6 is 0 Å². The zero-order valence-electron chi connectivity index (χ0n) is 14.8. The second-order valence-corrected chi connectivity index (χ2v) is 6.66. The maximum absolute atomic E-state index is 12.4. The standard InChI is InChI=1S/C22H24O4/c23-19-11-12-20(14-22(24)18-9-5-2-6-10-18)26-21(13-19)16-25-15-17-7-3-1-4-8-17/h1-10,20-21H,11-16H2/t20-,21-/m0/s1. The molecule has 1 fully saturated rings. The van der Waals surface area contributed by atoms with Crippen LogP contribution in [0, 0.1) is 0 Å². The highest BCUT2D eigenvalue weighted by Crippen LogP contribution is 2.21. The number of rotatable bonds is 7. The van der Waals surface area contributed by atoms with Gasteiger partial charge in [-0.15, -0.1) is 0 Å². The predicted octanol–water partition coefficient (Wildman–Crippen LogP) is 3.98. The SMILES string of the molecule is O=C1CC[C@@H](CC(=O)c2ccccc2)O[C@H](COCc2ccccc2)C1. The number of Topliss-reactive ketones (excluding diaryl/α,β-unsaturated/α-hetero) is 2. The van der Waals surface area contributed by atoms with E-state index in [1.165, 1.54) is 0 Å². The van der Waals surface area contributed by atoms with Gasteiger partial charge in [0.15, 0.2) is 5.78 Å². The lowest BCUT2D eigenvalue weighted by molar-refractivity contribution is -0.121. The zero-order chi connectivity index (χ0) is 18.2. The minimum Gasteiger partial charge on any atom is -0.374 e. The molecule has 0 spiro atoms. The predicted molar refractivity (Wildman–Crippen MR) is 99.0 cm³/mol. The lowest BCUT2D eigenvalue weighted by Gasteiger charge is -2.21. The third kappa shape index (κ3) is 5.61. The maximum Gasteiger partial charge on any atom is 0.165 e. The molecular weight excluding hydrogens is 328 g/mol. The molecule has 2 aromatic carbocycles. The number of ketones is 2. The summed E-state index contributed by atoms with van der Waals surface area (Å²) >= 11 is 0. The first-order valence-corrected chi connectivity index (χ1v) is 9.08. The fourth-order valence-corrected chi connectivity index (χ4v) is 3.15. The quantitative estimate of drug-likeness (QED) is 0.707. The van der Waals surface area contributed by atoms with Gasteiger partial charge in [0, 0.05) is 24.8 Å². The van der Waals surface area contributed by atoms with Crippen molar-refractivity contribution in [1.29, 1.82) is 0 Å². The van der Waals surface area contributed by atoms with Crippen molar-refractivity contribution in [1.82, 2.24) is 0 Å². The second kappa shape index (κ2) is 9.41. The Morgan fingerprint density at radius 3 is 2.42 bits per heavy atom. The van der Waals surface area contributed by atoms with Crippen molar-refractivity contribution in [3.8, 4) is 0 Å². The lowest BCUT2D eigenvalue weighted by Crippen LogP contribution is -2.27. The van der Waals surface area contributed by atoms with Crippen LogP contribution in [-0.2, 0) is 20.9 Å².